The topological polar surface area (TPSA) is 20.2 Å². The van der Waals surface area contributed by atoms with Gasteiger partial charge in [0, 0.05) is 0 Å². The highest BCUT2D eigenvalue weighted by Gasteiger charge is 2.34. The van der Waals surface area contributed by atoms with Crippen molar-refractivity contribution >= 4 is 0 Å². The van der Waals surface area contributed by atoms with Crippen molar-refractivity contribution in [2.75, 3.05) is 0 Å². The first kappa shape index (κ1) is 14.1. The second-order valence-electron chi connectivity index (χ2n) is 6.89. The van der Waals surface area contributed by atoms with Crippen LogP contribution in [-0.2, 0) is 6.42 Å². The Morgan fingerprint density at radius 1 is 1.05 bits per heavy atom. The molecule has 0 saturated heterocycles. The monoisotopic (exact) mass is 272 g/mol. The van der Waals surface area contributed by atoms with E-state index in [9.17, 15) is 5.11 Å². The van der Waals surface area contributed by atoms with E-state index in [1.165, 1.54) is 56.1 Å². The zero-order chi connectivity index (χ0) is 13.9. The predicted octanol–water partition coefficient (Wildman–Crippen LogP) is 4.89. The van der Waals surface area contributed by atoms with Crippen LogP contribution in [0.5, 0.6) is 0 Å². The third-order valence-corrected chi connectivity index (χ3v) is 5.84. The number of aryl methyl sites for hydroxylation is 1. The van der Waals surface area contributed by atoms with Crippen LogP contribution in [0.2, 0.25) is 0 Å². The van der Waals surface area contributed by atoms with Crippen LogP contribution in [0.1, 0.15) is 69.1 Å². The molecular weight excluding hydrogens is 244 g/mol. The van der Waals surface area contributed by atoms with Crippen LogP contribution in [-0.4, -0.2) is 5.11 Å². The van der Waals surface area contributed by atoms with Crippen LogP contribution >= 0.6 is 0 Å². The molecule has 0 bridgehead atoms. The largest absolute Gasteiger partial charge is 0.388 e. The summed E-state index contributed by atoms with van der Waals surface area (Å²) < 4.78 is 0. The molecule has 0 amide bonds. The third-order valence-electron chi connectivity index (χ3n) is 5.84. The third kappa shape index (κ3) is 2.79. The number of rotatable bonds is 2. The van der Waals surface area contributed by atoms with E-state index >= 15 is 0 Å². The van der Waals surface area contributed by atoms with Gasteiger partial charge >= 0.3 is 0 Å². The van der Waals surface area contributed by atoms with Gasteiger partial charge in [0.2, 0.25) is 0 Å². The lowest BCUT2D eigenvalue weighted by molar-refractivity contribution is 0.0472. The fourth-order valence-electron chi connectivity index (χ4n) is 4.49. The Morgan fingerprint density at radius 2 is 1.80 bits per heavy atom. The molecule has 0 spiro atoms. The zero-order valence-corrected chi connectivity index (χ0v) is 12.7. The molecule has 110 valence electrons. The molecule has 1 saturated carbocycles. The summed E-state index contributed by atoms with van der Waals surface area (Å²) in [5, 5.41) is 10.9. The average molecular weight is 272 g/mol. The minimum atomic E-state index is -0.225. The van der Waals surface area contributed by atoms with E-state index < -0.39 is 0 Å². The van der Waals surface area contributed by atoms with Gasteiger partial charge in [0.25, 0.3) is 0 Å². The standard InChI is InChI=1S/C19H28O/c1-2-14-10-12-16(13-11-14)18-9-5-7-15-6-3-4-8-17(15)19(18)20/h3-4,6,8,14,16,18-20H,2,5,7,9-13H2,1H3. The van der Waals surface area contributed by atoms with E-state index in [0.717, 1.165) is 18.3 Å². The molecule has 0 radical (unpaired) electrons. The number of aliphatic hydroxyl groups is 1. The number of benzene rings is 1. The van der Waals surface area contributed by atoms with Gasteiger partial charge in [0.15, 0.2) is 0 Å². The minimum Gasteiger partial charge on any atom is -0.388 e. The molecule has 1 nitrogen and oxygen atoms in total. The van der Waals surface area contributed by atoms with Crippen molar-refractivity contribution < 1.29 is 5.11 Å². The zero-order valence-electron chi connectivity index (χ0n) is 12.7. The van der Waals surface area contributed by atoms with E-state index in [-0.39, 0.29) is 6.10 Å². The van der Waals surface area contributed by atoms with Gasteiger partial charge in [-0.25, -0.2) is 0 Å². The summed E-state index contributed by atoms with van der Waals surface area (Å²) in [5.74, 6) is 2.19. The molecule has 2 aliphatic carbocycles. The summed E-state index contributed by atoms with van der Waals surface area (Å²) >= 11 is 0. The summed E-state index contributed by atoms with van der Waals surface area (Å²) in [5.41, 5.74) is 2.59. The van der Waals surface area contributed by atoms with E-state index in [0.29, 0.717) is 5.92 Å². The Hall–Kier alpha value is -0.820. The van der Waals surface area contributed by atoms with E-state index in [2.05, 4.69) is 31.2 Å². The number of hydrogen-bond donors (Lipinski definition) is 1. The molecule has 1 aromatic rings. The van der Waals surface area contributed by atoms with E-state index in [1.807, 2.05) is 0 Å². The lowest BCUT2D eigenvalue weighted by Gasteiger charge is -2.35. The molecule has 3 rings (SSSR count). The Balaban J connectivity index is 1.74. The van der Waals surface area contributed by atoms with Gasteiger partial charge in [-0.1, -0.05) is 50.5 Å². The number of fused-ring (bicyclic) bond motifs is 1. The maximum atomic E-state index is 10.9. The van der Waals surface area contributed by atoms with Gasteiger partial charge in [-0.2, -0.15) is 0 Å². The SMILES string of the molecule is CCC1CCC(C2CCCc3ccccc3C2O)CC1. The van der Waals surface area contributed by atoms with Crippen LogP contribution in [0.4, 0.5) is 0 Å². The van der Waals surface area contributed by atoms with Gasteiger partial charge in [0.05, 0.1) is 6.10 Å². The second kappa shape index (κ2) is 6.30. The molecule has 1 fully saturated rings. The Morgan fingerprint density at radius 3 is 2.55 bits per heavy atom. The molecule has 0 aromatic heterocycles. The lowest BCUT2D eigenvalue weighted by Crippen LogP contribution is -2.26. The average Bonchev–Trinajstić information content (AvgIpc) is 2.67. The first-order valence-electron chi connectivity index (χ1n) is 8.55. The summed E-state index contributed by atoms with van der Waals surface area (Å²) in [4.78, 5) is 0. The first-order chi connectivity index (χ1) is 9.79. The molecule has 1 N–H and O–H groups in total. The number of hydrogen-bond acceptors (Lipinski definition) is 1. The van der Waals surface area contributed by atoms with Crippen molar-refractivity contribution in [2.24, 2.45) is 17.8 Å². The fourth-order valence-corrected chi connectivity index (χ4v) is 4.49. The molecule has 1 aromatic carbocycles. The smallest absolute Gasteiger partial charge is 0.0823 e. The van der Waals surface area contributed by atoms with Gasteiger partial charge in [-0.3, -0.25) is 0 Å². The van der Waals surface area contributed by atoms with Crippen molar-refractivity contribution in [3.05, 3.63) is 35.4 Å². The maximum absolute atomic E-state index is 10.9. The van der Waals surface area contributed by atoms with Gasteiger partial charge in [-0.15, -0.1) is 0 Å². The van der Waals surface area contributed by atoms with E-state index in [4.69, 9.17) is 0 Å². The highest BCUT2D eigenvalue weighted by Crippen LogP contribution is 2.44. The highest BCUT2D eigenvalue weighted by molar-refractivity contribution is 5.30. The van der Waals surface area contributed by atoms with Crippen LogP contribution in [0, 0.1) is 17.8 Å². The summed E-state index contributed by atoms with van der Waals surface area (Å²) in [6.07, 6.45) is 10.1. The summed E-state index contributed by atoms with van der Waals surface area (Å²) in [7, 11) is 0. The molecule has 2 aliphatic rings. The highest BCUT2D eigenvalue weighted by atomic mass is 16.3. The molecule has 2 atom stereocenters. The molecule has 1 heteroatoms. The van der Waals surface area contributed by atoms with Crippen LogP contribution in [0.15, 0.2) is 24.3 Å². The maximum Gasteiger partial charge on any atom is 0.0823 e. The van der Waals surface area contributed by atoms with Crippen molar-refractivity contribution in [2.45, 2.75) is 64.4 Å². The van der Waals surface area contributed by atoms with Crippen molar-refractivity contribution in [3.8, 4) is 0 Å². The van der Waals surface area contributed by atoms with Gasteiger partial charge in [-0.05, 0) is 61.0 Å². The normalized spacial score (nSPS) is 34.3. The second-order valence-corrected chi connectivity index (χ2v) is 6.89. The fraction of sp³-hybridized carbons (Fsp3) is 0.684. The van der Waals surface area contributed by atoms with E-state index in [1.54, 1.807) is 0 Å². The summed E-state index contributed by atoms with van der Waals surface area (Å²) in [6.45, 7) is 2.32. The minimum absolute atomic E-state index is 0.225. The Kier molecular flexibility index (Phi) is 4.45. The molecule has 20 heavy (non-hydrogen) atoms. The first-order valence-corrected chi connectivity index (χ1v) is 8.55. The van der Waals surface area contributed by atoms with Crippen molar-refractivity contribution in [1.29, 1.82) is 0 Å². The van der Waals surface area contributed by atoms with Crippen LogP contribution in [0.25, 0.3) is 0 Å². The predicted molar refractivity (Wildman–Crippen MR) is 83.6 cm³/mol. The molecular formula is C19H28O. The van der Waals surface area contributed by atoms with Crippen molar-refractivity contribution in [3.63, 3.8) is 0 Å². The molecule has 2 unspecified atom stereocenters. The van der Waals surface area contributed by atoms with Crippen molar-refractivity contribution in [1.82, 2.24) is 0 Å². The number of aliphatic hydroxyl groups excluding tert-OH is 1. The van der Waals surface area contributed by atoms with Crippen LogP contribution in [0.3, 0.4) is 0 Å². The molecule has 0 aliphatic heterocycles. The Labute approximate surface area is 123 Å². The van der Waals surface area contributed by atoms with Gasteiger partial charge in [0.1, 0.15) is 0 Å². The Bertz CT molecular complexity index is 431. The van der Waals surface area contributed by atoms with Crippen LogP contribution < -0.4 is 0 Å². The lowest BCUT2D eigenvalue weighted by atomic mass is 9.71. The van der Waals surface area contributed by atoms with Gasteiger partial charge < -0.3 is 5.11 Å². The molecule has 0 heterocycles. The quantitative estimate of drug-likeness (QED) is 0.760. The summed E-state index contributed by atoms with van der Waals surface area (Å²) in [6, 6.07) is 8.54.